The van der Waals surface area contributed by atoms with Crippen molar-refractivity contribution < 1.29 is 19.4 Å². The first kappa shape index (κ1) is 14.9. The maximum atomic E-state index is 11.9. The van der Waals surface area contributed by atoms with Crippen LogP contribution in [0.3, 0.4) is 0 Å². The fourth-order valence-electron chi connectivity index (χ4n) is 2.29. The lowest BCUT2D eigenvalue weighted by Crippen LogP contribution is -2.29. The highest BCUT2D eigenvalue weighted by molar-refractivity contribution is 7.19. The lowest BCUT2D eigenvalue weighted by Gasteiger charge is -2.20. The first-order valence-electron chi connectivity index (χ1n) is 6.50. The van der Waals surface area contributed by atoms with E-state index < -0.39 is 11.6 Å². The number of nitrogen functional groups attached to an aromatic ring is 1. The molecule has 0 aromatic carbocycles. The van der Waals surface area contributed by atoms with Crippen LogP contribution in [0.2, 0.25) is 0 Å². The molecule has 1 aromatic heterocycles. The number of thiophene rings is 1. The first-order chi connectivity index (χ1) is 9.39. The Morgan fingerprint density at radius 3 is 2.80 bits per heavy atom. The summed E-state index contributed by atoms with van der Waals surface area (Å²) in [6.07, 6.45) is 0.669. The molecule has 3 N–H and O–H groups in total. The van der Waals surface area contributed by atoms with Crippen molar-refractivity contribution in [3.63, 3.8) is 0 Å². The van der Waals surface area contributed by atoms with Gasteiger partial charge < -0.3 is 25.2 Å². The molecule has 2 rings (SSSR count). The van der Waals surface area contributed by atoms with Gasteiger partial charge in [0.15, 0.2) is 5.75 Å². The summed E-state index contributed by atoms with van der Waals surface area (Å²) in [5, 5.41) is 10.8. The van der Waals surface area contributed by atoms with Crippen LogP contribution in [0, 0.1) is 0 Å². The van der Waals surface area contributed by atoms with E-state index in [2.05, 4.69) is 0 Å². The van der Waals surface area contributed by atoms with Crippen molar-refractivity contribution in [3.8, 4) is 5.75 Å². The predicted molar refractivity (Wildman–Crippen MR) is 78.7 cm³/mol. The second kappa shape index (κ2) is 5.49. The molecule has 0 amide bonds. The van der Waals surface area contributed by atoms with Gasteiger partial charge in [-0.25, -0.2) is 4.79 Å². The van der Waals surface area contributed by atoms with Gasteiger partial charge in [0.1, 0.15) is 15.6 Å². The molecule has 1 fully saturated rings. The molecule has 0 bridgehead atoms. The Labute approximate surface area is 122 Å². The quantitative estimate of drug-likeness (QED) is 0.819. The largest absolute Gasteiger partial charge is 0.492 e. The number of hydrogen-bond donors (Lipinski definition) is 2. The summed E-state index contributed by atoms with van der Waals surface area (Å²) in [5.74, 6) is 0.0428. The van der Waals surface area contributed by atoms with E-state index in [0.717, 1.165) is 5.00 Å². The Hall–Kier alpha value is -1.47. The monoisotopic (exact) mass is 300 g/mol. The summed E-state index contributed by atoms with van der Waals surface area (Å²) < 4.78 is 10.3. The summed E-state index contributed by atoms with van der Waals surface area (Å²) in [7, 11) is 1.52. The highest BCUT2D eigenvalue weighted by atomic mass is 32.1. The van der Waals surface area contributed by atoms with E-state index in [1.165, 1.54) is 18.4 Å². The molecule has 1 aromatic rings. The number of carbonyl (C=O) groups is 1. The normalized spacial score (nSPS) is 22.1. The van der Waals surface area contributed by atoms with E-state index >= 15 is 0 Å². The SMILES string of the molecule is CCOC(=O)c1sc(N2CCC(C)(O)C2)c(OC)c1N. The zero-order valence-electron chi connectivity index (χ0n) is 11.9. The Kier molecular flexibility index (Phi) is 4.10. The van der Waals surface area contributed by atoms with Crippen LogP contribution in [0.4, 0.5) is 10.7 Å². The van der Waals surface area contributed by atoms with Crippen LogP contribution in [0.15, 0.2) is 0 Å². The molecule has 1 saturated heterocycles. The number of nitrogens with zero attached hydrogens (tertiary/aromatic N) is 1. The highest BCUT2D eigenvalue weighted by Gasteiger charge is 2.35. The zero-order valence-corrected chi connectivity index (χ0v) is 12.7. The molecule has 0 spiro atoms. The number of carbonyl (C=O) groups excluding carboxylic acids is 1. The molecule has 1 aliphatic rings. The Bertz CT molecular complexity index is 513. The number of esters is 1. The van der Waals surface area contributed by atoms with Crippen molar-refractivity contribution in [2.45, 2.75) is 25.9 Å². The predicted octanol–water partition coefficient (Wildman–Crippen LogP) is 1.48. The molecule has 112 valence electrons. The van der Waals surface area contributed by atoms with Crippen molar-refractivity contribution in [1.29, 1.82) is 0 Å². The minimum Gasteiger partial charge on any atom is -0.492 e. The van der Waals surface area contributed by atoms with Gasteiger partial charge in [-0.15, -0.1) is 11.3 Å². The van der Waals surface area contributed by atoms with Gasteiger partial charge in [0.05, 0.1) is 19.3 Å². The van der Waals surface area contributed by atoms with Crippen LogP contribution in [0.25, 0.3) is 0 Å². The molecule has 1 atom stereocenters. The second-order valence-electron chi connectivity index (χ2n) is 5.07. The lowest BCUT2D eigenvalue weighted by atomic mass is 10.1. The molecule has 20 heavy (non-hydrogen) atoms. The van der Waals surface area contributed by atoms with Crippen molar-refractivity contribution in [2.75, 3.05) is 37.4 Å². The van der Waals surface area contributed by atoms with Crippen molar-refractivity contribution in [3.05, 3.63) is 4.88 Å². The fraction of sp³-hybridized carbons (Fsp3) is 0.615. The van der Waals surface area contributed by atoms with E-state index in [0.29, 0.717) is 42.4 Å². The van der Waals surface area contributed by atoms with Gasteiger partial charge in [0.2, 0.25) is 0 Å². The lowest BCUT2D eigenvalue weighted by molar-refractivity contribution is 0.0533. The summed E-state index contributed by atoms with van der Waals surface area (Å²) in [4.78, 5) is 14.2. The number of aliphatic hydroxyl groups is 1. The third kappa shape index (κ3) is 2.69. The average Bonchev–Trinajstić information content (AvgIpc) is 2.89. The number of anilines is 2. The highest BCUT2D eigenvalue weighted by Crippen LogP contribution is 2.46. The maximum absolute atomic E-state index is 11.9. The van der Waals surface area contributed by atoms with E-state index in [9.17, 15) is 9.90 Å². The summed E-state index contributed by atoms with van der Waals surface area (Å²) in [5.41, 5.74) is 5.55. The fourth-order valence-corrected chi connectivity index (χ4v) is 3.40. The maximum Gasteiger partial charge on any atom is 0.350 e. The van der Waals surface area contributed by atoms with Crippen molar-refractivity contribution >= 4 is 28.0 Å². The molecule has 0 radical (unpaired) electrons. The Morgan fingerprint density at radius 2 is 2.30 bits per heavy atom. The summed E-state index contributed by atoms with van der Waals surface area (Å²) in [6, 6.07) is 0. The molecule has 0 saturated carbocycles. The van der Waals surface area contributed by atoms with Crippen LogP contribution in [-0.4, -0.2) is 43.5 Å². The van der Waals surface area contributed by atoms with E-state index in [4.69, 9.17) is 15.2 Å². The average molecular weight is 300 g/mol. The molecule has 0 aliphatic carbocycles. The smallest absolute Gasteiger partial charge is 0.350 e. The second-order valence-corrected chi connectivity index (χ2v) is 6.07. The molecule has 2 heterocycles. The summed E-state index contributed by atoms with van der Waals surface area (Å²) in [6.45, 7) is 5.03. The number of hydrogen-bond acceptors (Lipinski definition) is 7. The van der Waals surface area contributed by atoms with E-state index in [-0.39, 0.29) is 0 Å². The molecule has 1 unspecified atom stereocenters. The molecule has 6 nitrogen and oxygen atoms in total. The minimum absolute atomic E-state index is 0.298. The van der Waals surface area contributed by atoms with Crippen LogP contribution in [0.5, 0.6) is 5.75 Å². The Balaban J connectivity index is 2.34. The van der Waals surface area contributed by atoms with Gasteiger partial charge >= 0.3 is 5.97 Å². The van der Waals surface area contributed by atoms with Crippen molar-refractivity contribution in [1.82, 2.24) is 0 Å². The summed E-state index contributed by atoms with van der Waals surface area (Å²) >= 11 is 1.25. The van der Waals surface area contributed by atoms with Gasteiger partial charge in [-0.2, -0.15) is 0 Å². The van der Waals surface area contributed by atoms with Gasteiger partial charge in [-0.1, -0.05) is 0 Å². The molecule has 7 heteroatoms. The molecular weight excluding hydrogens is 280 g/mol. The number of β-amino-alcohol motifs (C(OH)–C–C–N with tert-alkyl or cyclic N) is 1. The number of ether oxygens (including phenoxy) is 2. The van der Waals surface area contributed by atoms with Gasteiger partial charge in [0.25, 0.3) is 0 Å². The van der Waals surface area contributed by atoms with Crippen LogP contribution < -0.4 is 15.4 Å². The number of nitrogens with two attached hydrogens (primary N) is 1. The minimum atomic E-state index is -0.728. The topological polar surface area (TPSA) is 85.0 Å². The van der Waals surface area contributed by atoms with E-state index in [1.807, 2.05) is 4.90 Å². The van der Waals surface area contributed by atoms with Gasteiger partial charge in [-0.3, -0.25) is 0 Å². The third-order valence-electron chi connectivity index (χ3n) is 3.29. The standard InChI is InChI=1S/C13H20N2O4S/c1-4-19-12(16)10-8(14)9(18-3)11(20-10)15-6-5-13(2,17)7-15/h17H,4-7,14H2,1-3H3. The third-order valence-corrected chi connectivity index (χ3v) is 4.51. The molecular formula is C13H20N2O4S. The first-order valence-corrected chi connectivity index (χ1v) is 7.32. The van der Waals surface area contributed by atoms with Crippen LogP contribution >= 0.6 is 11.3 Å². The van der Waals surface area contributed by atoms with E-state index in [1.54, 1.807) is 13.8 Å². The van der Waals surface area contributed by atoms with Crippen LogP contribution in [-0.2, 0) is 4.74 Å². The Morgan fingerprint density at radius 1 is 1.60 bits per heavy atom. The molecule has 1 aliphatic heterocycles. The van der Waals surface area contributed by atoms with Gasteiger partial charge in [-0.05, 0) is 20.3 Å². The number of methoxy groups -OCH3 is 1. The van der Waals surface area contributed by atoms with Crippen molar-refractivity contribution in [2.24, 2.45) is 0 Å². The number of rotatable bonds is 4. The zero-order chi connectivity index (χ0) is 14.9. The van der Waals surface area contributed by atoms with Gasteiger partial charge in [0, 0.05) is 13.1 Å². The van der Waals surface area contributed by atoms with Crippen LogP contribution in [0.1, 0.15) is 29.9 Å².